The zero-order chi connectivity index (χ0) is 39.7. The molecular weight excluding hydrogens is 749 g/mol. The summed E-state index contributed by atoms with van der Waals surface area (Å²) in [7, 11) is 0. The van der Waals surface area contributed by atoms with Crippen molar-refractivity contribution in [1.82, 2.24) is 5.32 Å². The Kier molecular flexibility index (Phi) is 8.21. The smallest absolute Gasteiger partial charge is 0.135 e. The van der Waals surface area contributed by atoms with E-state index in [1.807, 2.05) is 11.3 Å². The average molecular weight is 789 g/mol. The van der Waals surface area contributed by atoms with Crippen molar-refractivity contribution in [3.05, 3.63) is 221 Å². The summed E-state index contributed by atoms with van der Waals surface area (Å²) in [5.41, 5.74) is 16.6. The Morgan fingerprint density at radius 2 is 1.28 bits per heavy atom. The van der Waals surface area contributed by atoms with Gasteiger partial charge < -0.3 is 9.73 Å². The summed E-state index contributed by atoms with van der Waals surface area (Å²) in [6.07, 6.45) is 2.14. The molecule has 2 aromatic heterocycles. The molecule has 0 saturated carbocycles. The largest absolute Gasteiger partial charge is 0.456 e. The normalized spacial score (nSPS) is 16.4. The summed E-state index contributed by atoms with van der Waals surface area (Å²) < 4.78 is 9.23. The molecule has 1 aliphatic carbocycles. The molecule has 0 spiro atoms. The number of thiophene rings is 1. The molecule has 12 rings (SSSR count). The number of rotatable bonds is 5. The van der Waals surface area contributed by atoms with Crippen LogP contribution in [0.25, 0.3) is 70.1 Å². The molecule has 0 fully saturated rings. The fourth-order valence-electron chi connectivity index (χ4n) is 9.86. The molecule has 2 aliphatic rings. The maximum absolute atomic E-state index is 6.65. The van der Waals surface area contributed by atoms with Crippen molar-refractivity contribution in [3.8, 4) is 22.3 Å². The van der Waals surface area contributed by atoms with E-state index < -0.39 is 0 Å². The van der Waals surface area contributed by atoms with Crippen molar-refractivity contribution >= 4 is 65.0 Å². The van der Waals surface area contributed by atoms with Gasteiger partial charge in [0.25, 0.3) is 0 Å². The van der Waals surface area contributed by atoms with Gasteiger partial charge in [-0.1, -0.05) is 133 Å². The highest BCUT2D eigenvalue weighted by Gasteiger charge is 2.29. The van der Waals surface area contributed by atoms with Crippen molar-refractivity contribution in [3.63, 3.8) is 0 Å². The van der Waals surface area contributed by atoms with E-state index in [2.05, 4.69) is 194 Å². The first-order chi connectivity index (χ1) is 29.6. The lowest BCUT2D eigenvalue weighted by molar-refractivity contribution is 0.668. The second-order valence-corrected chi connectivity index (χ2v) is 17.3. The lowest BCUT2D eigenvalue weighted by Gasteiger charge is -2.28. The summed E-state index contributed by atoms with van der Waals surface area (Å²) in [5.74, 6) is 1.20. The third kappa shape index (κ3) is 5.74. The topological polar surface area (TPSA) is 37.5 Å². The number of fused-ring (bicyclic) bond motifs is 9. The molecular formula is C56H40N2OS. The molecule has 3 heterocycles. The Morgan fingerprint density at radius 1 is 0.550 bits per heavy atom. The van der Waals surface area contributed by atoms with Crippen molar-refractivity contribution in [2.24, 2.45) is 4.99 Å². The number of aryl methyl sites for hydroxylation is 1. The highest BCUT2D eigenvalue weighted by Crippen LogP contribution is 2.45. The van der Waals surface area contributed by atoms with Crippen molar-refractivity contribution in [1.29, 1.82) is 0 Å². The second kappa shape index (κ2) is 14.1. The number of nitrogens with one attached hydrogen (secondary N) is 1. The van der Waals surface area contributed by atoms with Gasteiger partial charge in [0.2, 0.25) is 0 Å². The van der Waals surface area contributed by atoms with Gasteiger partial charge in [-0.05, 0) is 124 Å². The Labute approximate surface area is 353 Å². The highest BCUT2D eigenvalue weighted by molar-refractivity contribution is 7.25. The van der Waals surface area contributed by atoms with Gasteiger partial charge in [-0.25, -0.2) is 0 Å². The Morgan fingerprint density at radius 3 is 2.18 bits per heavy atom. The molecule has 2 atom stereocenters. The summed E-state index contributed by atoms with van der Waals surface area (Å²) in [6.45, 7) is 2.22. The minimum Gasteiger partial charge on any atom is -0.456 e. The van der Waals surface area contributed by atoms with Gasteiger partial charge in [-0.15, -0.1) is 11.3 Å². The summed E-state index contributed by atoms with van der Waals surface area (Å²) in [6, 6.07) is 66.1. The molecule has 0 bridgehead atoms. The van der Waals surface area contributed by atoms with Crippen LogP contribution in [0.4, 0.5) is 0 Å². The highest BCUT2D eigenvalue weighted by atomic mass is 32.1. The van der Waals surface area contributed by atoms with E-state index in [9.17, 15) is 0 Å². The third-order valence-electron chi connectivity index (χ3n) is 12.8. The fourth-order valence-corrected chi connectivity index (χ4v) is 10.9. The van der Waals surface area contributed by atoms with Crippen LogP contribution in [-0.2, 0) is 6.42 Å². The summed E-state index contributed by atoms with van der Waals surface area (Å²) in [5, 5.41) is 8.56. The van der Waals surface area contributed by atoms with Crippen molar-refractivity contribution < 1.29 is 4.42 Å². The van der Waals surface area contributed by atoms with Crippen LogP contribution in [0.3, 0.4) is 0 Å². The zero-order valence-corrected chi connectivity index (χ0v) is 34.0. The minimum absolute atomic E-state index is 0.238. The molecule has 286 valence electrons. The third-order valence-corrected chi connectivity index (χ3v) is 14.0. The average Bonchev–Trinajstić information content (AvgIpc) is 3.83. The maximum Gasteiger partial charge on any atom is 0.135 e. The first kappa shape index (κ1) is 35.0. The van der Waals surface area contributed by atoms with Gasteiger partial charge in [-0.2, -0.15) is 0 Å². The van der Waals surface area contributed by atoms with E-state index in [0.29, 0.717) is 5.92 Å². The Balaban J connectivity index is 1.02. The number of nitrogens with zero attached hydrogens (tertiary/aromatic N) is 1. The second-order valence-electron chi connectivity index (χ2n) is 16.2. The predicted octanol–water partition coefficient (Wildman–Crippen LogP) is 14.9. The monoisotopic (exact) mass is 788 g/mol. The van der Waals surface area contributed by atoms with E-state index >= 15 is 0 Å². The standard InChI is InChI=1S/C56H40N2OS/c1-34-54(37-16-6-3-7-17-37)57-56(40-26-30-52-47(33-40)44-19-10-11-22-51(44)60-52)58-55(34)45-20-12-21-50-53(45)48-32-39(25-29-49(48)59-50)38-24-28-43-42(35-13-4-2-5-14-35)27-23-36-15-8-9-18-41(36)46(43)31-38/h2-22,24-26,28-33,42,55H,23,27H2,1H3,(H,57,58). The number of amidine groups is 1. The molecule has 10 aromatic rings. The molecule has 3 nitrogen and oxygen atoms in total. The van der Waals surface area contributed by atoms with Crippen LogP contribution >= 0.6 is 11.3 Å². The molecule has 8 aromatic carbocycles. The summed E-state index contributed by atoms with van der Waals surface area (Å²) in [4.78, 5) is 5.59. The quantitative estimate of drug-likeness (QED) is 0.189. The van der Waals surface area contributed by atoms with Crippen LogP contribution < -0.4 is 5.32 Å². The molecule has 0 radical (unpaired) electrons. The molecule has 2 unspecified atom stereocenters. The van der Waals surface area contributed by atoms with Crippen LogP contribution in [0.5, 0.6) is 0 Å². The maximum atomic E-state index is 6.65. The lowest BCUT2D eigenvalue weighted by atomic mass is 9.84. The SMILES string of the molecule is CC1=C(c2ccccc2)NC(c2ccc3sc4ccccc4c3c2)=NC1c1cccc2oc3ccc(-c4ccc5c(c4)-c4ccccc4CCC5c4ccccc4)cc3c12. The fraction of sp³-hybridized carbons (Fsp3) is 0.0893. The van der Waals surface area contributed by atoms with Gasteiger partial charge in [0.1, 0.15) is 23.0 Å². The van der Waals surface area contributed by atoms with Crippen LogP contribution in [0.1, 0.15) is 58.7 Å². The molecule has 1 aliphatic heterocycles. The molecule has 0 amide bonds. The zero-order valence-electron chi connectivity index (χ0n) is 33.2. The predicted molar refractivity (Wildman–Crippen MR) is 252 cm³/mol. The van der Waals surface area contributed by atoms with Gasteiger partial charge in [0, 0.05) is 48.1 Å². The van der Waals surface area contributed by atoms with E-state index in [1.165, 1.54) is 64.7 Å². The van der Waals surface area contributed by atoms with Crippen LogP contribution in [0, 0.1) is 0 Å². The van der Waals surface area contributed by atoms with Crippen LogP contribution in [0.2, 0.25) is 0 Å². The number of aliphatic imine (C=N–C) groups is 1. The van der Waals surface area contributed by atoms with E-state index in [-0.39, 0.29) is 6.04 Å². The van der Waals surface area contributed by atoms with Gasteiger partial charge in [-0.3, -0.25) is 4.99 Å². The van der Waals surface area contributed by atoms with Crippen molar-refractivity contribution in [2.45, 2.75) is 31.7 Å². The van der Waals surface area contributed by atoms with Gasteiger partial charge in [0.05, 0.1) is 0 Å². The number of furan rings is 1. The summed E-state index contributed by atoms with van der Waals surface area (Å²) >= 11 is 1.84. The first-order valence-electron chi connectivity index (χ1n) is 20.9. The van der Waals surface area contributed by atoms with E-state index in [0.717, 1.165) is 63.0 Å². The minimum atomic E-state index is -0.238. The first-order valence-corrected chi connectivity index (χ1v) is 21.7. The molecule has 60 heavy (non-hydrogen) atoms. The molecule has 1 N–H and O–H groups in total. The Bertz CT molecular complexity index is 3370. The lowest BCUT2D eigenvalue weighted by Crippen LogP contribution is -2.29. The van der Waals surface area contributed by atoms with Crippen LogP contribution in [0.15, 0.2) is 197 Å². The molecule has 0 saturated heterocycles. The van der Waals surface area contributed by atoms with Gasteiger partial charge >= 0.3 is 0 Å². The molecule has 4 heteroatoms. The number of hydrogen-bond acceptors (Lipinski definition) is 4. The van der Waals surface area contributed by atoms with E-state index in [1.54, 1.807) is 0 Å². The van der Waals surface area contributed by atoms with Crippen LogP contribution in [-0.4, -0.2) is 5.84 Å². The van der Waals surface area contributed by atoms with Gasteiger partial charge in [0.15, 0.2) is 0 Å². The van der Waals surface area contributed by atoms with Crippen molar-refractivity contribution in [2.75, 3.05) is 0 Å². The number of hydrogen-bond donors (Lipinski definition) is 1. The Hall–Kier alpha value is -7.01. The number of benzene rings is 8. The van der Waals surface area contributed by atoms with E-state index in [4.69, 9.17) is 9.41 Å².